The molecule has 0 aliphatic rings. The van der Waals surface area contributed by atoms with Crippen molar-refractivity contribution in [2.45, 2.75) is 33.2 Å². The summed E-state index contributed by atoms with van der Waals surface area (Å²) in [5.74, 6) is -0.622. The number of hydrogen-bond donors (Lipinski definition) is 2. The number of ketones is 1. The van der Waals surface area contributed by atoms with Crippen LogP contribution < -0.4 is 5.32 Å². The van der Waals surface area contributed by atoms with E-state index in [1.807, 2.05) is 19.1 Å². The van der Waals surface area contributed by atoms with Crippen LogP contribution >= 0.6 is 0 Å². The average molecular weight is 239 g/mol. The Kier molecular flexibility index (Phi) is 7.97. The smallest absolute Gasteiger partial charge is 0.224 e. The summed E-state index contributed by atoms with van der Waals surface area (Å²) in [6.45, 7) is 5.00. The van der Waals surface area contributed by atoms with Crippen LogP contribution in [0.5, 0.6) is 0 Å². The van der Waals surface area contributed by atoms with E-state index in [0.717, 1.165) is 0 Å². The number of amides is 1. The predicted octanol–water partition coefficient (Wildman–Crippen LogP) is 1.21. The Bertz CT molecular complexity index is 306. The second-order valence-corrected chi connectivity index (χ2v) is 4.02. The van der Waals surface area contributed by atoms with Crippen molar-refractivity contribution in [1.82, 2.24) is 5.32 Å². The second-order valence-electron chi connectivity index (χ2n) is 4.02. The van der Waals surface area contributed by atoms with Crippen LogP contribution in [0.25, 0.3) is 0 Å². The van der Waals surface area contributed by atoms with Gasteiger partial charge in [-0.2, -0.15) is 0 Å². The monoisotopic (exact) mass is 239 g/mol. The standard InChI is InChI=1S/C13H21NO3/c1-4-5-6-7-8-12(16)14-11(9-15)13(17)10(2)3/h4-7,10-11,15H,8-9H2,1-3H3,(H,14,16)/t11-/m0/s1. The number of carbonyl (C=O) groups excluding carboxylic acids is 2. The van der Waals surface area contributed by atoms with E-state index in [4.69, 9.17) is 5.11 Å². The van der Waals surface area contributed by atoms with Crippen LogP contribution in [0.3, 0.4) is 0 Å². The maximum Gasteiger partial charge on any atom is 0.224 e. The van der Waals surface area contributed by atoms with Crippen LogP contribution in [-0.4, -0.2) is 29.4 Å². The summed E-state index contributed by atoms with van der Waals surface area (Å²) < 4.78 is 0. The zero-order valence-corrected chi connectivity index (χ0v) is 10.6. The van der Waals surface area contributed by atoms with Gasteiger partial charge in [0.15, 0.2) is 5.78 Å². The molecular weight excluding hydrogens is 218 g/mol. The van der Waals surface area contributed by atoms with Crippen molar-refractivity contribution >= 4 is 11.7 Å². The summed E-state index contributed by atoms with van der Waals surface area (Å²) in [6.07, 6.45) is 7.33. The first kappa shape index (κ1) is 15.6. The first-order valence-electron chi connectivity index (χ1n) is 5.74. The zero-order chi connectivity index (χ0) is 13.3. The Labute approximate surface area is 102 Å². The van der Waals surface area contributed by atoms with Gasteiger partial charge in [-0.25, -0.2) is 0 Å². The molecule has 1 atom stereocenters. The molecule has 2 N–H and O–H groups in total. The maximum atomic E-state index is 11.6. The van der Waals surface area contributed by atoms with Crippen LogP contribution in [0.2, 0.25) is 0 Å². The van der Waals surface area contributed by atoms with Crippen LogP contribution in [0.1, 0.15) is 27.2 Å². The van der Waals surface area contributed by atoms with E-state index in [-0.39, 0.29) is 30.6 Å². The van der Waals surface area contributed by atoms with Crippen molar-refractivity contribution < 1.29 is 14.7 Å². The largest absolute Gasteiger partial charge is 0.394 e. The van der Waals surface area contributed by atoms with Crippen molar-refractivity contribution in [1.29, 1.82) is 0 Å². The quantitative estimate of drug-likeness (QED) is 0.656. The van der Waals surface area contributed by atoms with E-state index in [1.165, 1.54) is 0 Å². The second kappa shape index (κ2) is 8.70. The minimum Gasteiger partial charge on any atom is -0.394 e. The molecule has 0 heterocycles. The van der Waals surface area contributed by atoms with Gasteiger partial charge < -0.3 is 10.4 Å². The summed E-state index contributed by atoms with van der Waals surface area (Å²) in [5, 5.41) is 11.6. The van der Waals surface area contributed by atoms with Gasteiger partial charge in [0.25, 0.3) is 0 Å². The third-order valence-corrected chi connectivity index (χ3v) is 2.17. The van der Waals surface area contributed by atoms with E-state index in [1.54, 1.807) is 26.0 Å². The first-order chi connectivity index (χ1) is 8.02. The average Bonchev–Trinajstić information content (AvgIpc) is 2.30. The van der Waals surface area contributed by atoms with Gasteiger partial charge in [0.05, 0.1) is 6.61 Å². The van der Waals surface area contributed by atoms with Gasteiger partial charge in [0, 0.05) is 12.3 Å². The van der Waals surface area contributed by atoms with Gasteiger partial charge in [-0.05, 0) is 6.92 Å². The van der Waals surface area contributed by atoms with Crippen molar-refractivity contribution in [2.75, 3.05) is 6.61 Å². The molecule has 0 aliphatic heterocycles. The summed E-state index contributed by atoms with van der Waals surface area (Å²) in [4.78, 5) is 23.0. The van der Waals surface area contributed by atoms with E-state index in [2.05, 4.69) is 5.32 Å². The van der Waals surface area contributed by atoms with E-state index in [9.17, 15) is 9.59 Å². The van der Waals surface area contributed by atoms with Crippen molar-refractivity contribution in [3.8, 4) is 0 Å². The fourth-order valence-corrected chi connectivity index (χ4v) is 1.23. The lowest BCUT2D eigenvalue weighted by atomic mass is 10.0. The molecule has 0 rings (SSSR count). The lowest BCUT2D eigenvalue weighted by Gasteiger charge is -2.16. The molecule has 0 aromatic rings. The Balaban J connectivity index is 4.20. The molecule has 0 unspecified atom stereocenters. The minimum atomic E-state index is -0.794. The summed E-state index contributed by atoms with van der Waals surface area (Å²) in [5.41, 5.74) is 0. The SMILES string of the molecule is CC=CC=CCC(=O)N[C@@H](CO)C(=O)C(C)C. The Morgan fingerprint density at radius 1 is 1.29 bits per heavy atom. The predicted molar refractivity (Wildman–Crippen MR) is 67.4 cm³/mol. The number of hydrogen-bond acceptors (Lipinski definition) is 3. The Hall–Kier alpha value is -1.42. The molecule has 4 heteroatoms. The zero-order valence-electron chi connectivity index (χ0n) is 10.6. The molecule has 96 valence electrons. The van der Waals surface area contributed by atoms with Crippen LogP contribution in [0.15, 0.2) is 24.3 Å². The lowest BCUT2D eigenvalue weighted by Crippen LogP contribution is -2.44. The van der Waals surface area contributed by atoms with Gasteiger partial charge in [0.2, 0.25) is 5.91 Å². The van der Waals surface area contributed by atoms with Gasteiger partial charge >= 0.3 is 0 Å². The number of nitrogens with one attached hydrogen (secondary N) is 1. The molecule has 0 fully saturated rings. The molecule has 1 amide bonds. The fourth-order valence-electron chi connectivity index (χ4n) is 1.23. The third-order valence-electron chi connectivity index (χ3n) is 2.17. The summed E-state index contributed by atoms with van der Waals surface area (Å²) in [7, 11) is 0. The molecule has 0 aromatic heterocycles. The number of allylic oxidation sites excluding steroid dienone is 3. The maximum absolute atomic E-state index is 11.6. The first-order valence-corrected chi connectivity index (χ1v) is 5.74. The highest BCUT2D eigenvalue weighted by Gasteiger charge is 2.21. The van der Waals surface area contributed by atoms with Crippen molar-refractivity contribution in [2.24, 2.45) is 5.92 Å². The minimum absolute atomic E-state index is 0.154. The number of carbonyl (C=O) groups is 2. The van der Waals surface area contributed by atoms with Crippen LogP contribution in [0.4, 0.5) is 0 Å². The Morgan fingerprint density at radius 3 is 2.41 bits per heavy atom. The van der Waals surface area contributed by atoms with E-state index >= 15 is 0 Å². The molecule has 17 heavy (non-hydrogen) atoms. The van der Waals surface area contributed by atoms with Gasteiger partial charge in [0.1, 0.15) is 6.04 Å². The van der Waals surface area contributed by atoms with E-state index < -0.39 is 6.04 Å². The van der Waals surface area contributed by atoms with Crippen molar-refractivity contribution in [3.05, 3.63) is 24.3 Å². The number of rotatable bonds is 7. The van der Waals surface area contributed by atoms with Crippen molar-refractivity contribution in [3.63, 3.8) is 0 Å². The fraction of sp³-hybridized carbons (Fsp3) is 0.538. The van der Waals surface area contributed by atoms with Gasteiger partial charge in [-0.1, -0.05) is 38.2 Å². The Morgan fingerprint density at radius 2 is 1.94 bits per heavy atom. The molecule has 0 saturated carbocycles. The summed E-state index contributed by atoms with van der Waals surface area (Å²) in [6, 6.07) is -0.794. The molecule has 0 saturated heterocycles. The molecular formula is C13H21NO3. The normalized spacial score (nSPS) is 13.5. The van der Waals surface area contributed by atoms with Gasteiger partial charge in [-0.15, -0.1) is 0 Å². The highest BCUT2D eigenvalue weighted by molar-refractivity contribution is 5.90. The van der Waals surface area contributed by atoms with Crippen LogP contribution in [-0.2, 0) is 9.59 Å². The van der Waals surface area contributed by atoms with Crippen LogP contribution in [0, 0.1) is 5.92 Å². The molecule has 0 aliphatic carbocycles. The molecule has 4 nitrogen and oxygen atoms in total. The highest BCUT2D eigenvalue weighted by Crippen LogP contribution is 2.00. The number of Topliss-reactive ketones (excluding diaryl/α,β-unsaturated/α-hetero) is 1. The van der Waals surface area contributed by atoms with E-state index in [0.29, 0.717) is 0 Å². The number of aliphatic hydroxyl groups is 1. The molecule has 0 bridgehead atoms. The summed E-state index contributed by atoms with van der Waals surface area (Å²) >= 11 is 0. The topological polar surface area (TPSA) is 66.4 Å². The number of aliphatic hydroxyl groups excluding tert-OH is 1. The molecule has 0 aromatic carbocycles. The highest BCUT2D eigenvalue weighted by atomic mass is 16.3. The third kappa shape index (κ3) is 6.68. The van der Waals surface area contributed by atoms with Gasteiger partial charge in [-0.3, -0.25) is 9.59 Å². The lowest BCUT2D eigenvalue weighted by molar-refractivity contribution is -0.130. The molecule has 0 radical (unpaired) electrons. The molecule has 0 spiro atoms.